The van der Waals surface area contributed by atoms with Gasteiger partial charge in [-0.25, -0.2) is 4.79 Å². The van der Waals surface area contributed by atoms with Crippen LogP contribution < -0.4 is 9.47 Å². The normalized spacial score (nSPS) is 16.2. The molecule has 0 saturated carbocycles. The van der Waals surface area contributed by atoms with Gasteiger partial charge in [-0.1, -0.05) is 24.3 Å². The Hall–Kier alpha value is -2.82. The lowest BCUT2D eigenvalue weighted by Gasteiger charge is -2.23. The molecule has 1 atom stereocenters. The fraction of sp³-hybridized carbons (Fsp3) is 0.263. The summed E-state index contributed by atoms with van der Waals surface area (Å²) < 4.78 is 15.8. The van der Waals surface area contributed by atoms with Crippen molar-refractivity contribution in [3.63, 3.8) is 0 Å². The largest absolute Gasteiger partial charge is 0.493 e. The van der Waals surface area contributed by atoms with Gasteiger partial charge in [0.25, 0.3) is 0 Å². The van der Waals surface area contributed by atoms with Crippen LogP contribution in [0.5, 0.6) is 11.5 Å². The number of hydrogen-bond acceptors (Lipinski definition) is 5. The van der Waals surface area contributed by atoms with Gasteiger partial charge in [-0.2, -0.15) is 0 Å². The van der Waals surface area contributed by atoms with Crippen molar-refractivity contribution in [2.45, 2.75) is 18.9 Å². The first kappa shape index (κ1) is 16.1. The molecule has 1 unspecified atom stereocenters. The molecular formula is C19H18O5. The van der Waals surface area contributed by atoms with Crippen molar-refractivity contribution in [2.75, 3.05) is 14.2 Å². The summed E-state index contributed by atoms with van der Waals surface area (Å²) in [5.74, 6) is 0.267. The third-order valence-electron chi connectivity index (χ3n) is 4.12. The summed E-state index contributed by atoms with van der Waals surface area (Å²) in [5.41, 5.74) is 1.95. The van der Waals surface area contributed by atoms with E-state index in [9.17, 15) is 9.59 Å². The summed E-state index contributed by atoms with van der Waals surface area (Å²) in [5, 5.41) is 0. The number of methoxy groups -OCH3 is 2. The van der Waals surface area contributed by atoms with Crippen LogP contribution in [-0.4, -0.2) is 32.1 Å². The first-order chi connectivity index (χ1) is 11.6. The highest BCUT2D eigenvalue weighted by atomic mass is 16.5. The van der Waals surface area contributed by atoms with Gasteiger partial charge in [0.05, 0.1) is 19.8 Å². The van der Waals surface area contributed by atoms with Crippen LogP contribution in [0.2, 0.25) is 0 Å². The number of aryl methyl sites for hydroxylation is 1. The van der Waals surface area contributed by atoms with Crippen LogP contribution >= 0.6 is 0 Å². The molecule has 0 fully saturated rings. The van der Waals surface area contributed by atoms with E-state index in [4.69, 9.17) is 14.2 Å². The van der Waals surface area contributed by atoms with E-state index < -0.39 is 12.1 Å². The van der Waals surface area contributed by atoms with E-state index in [1.54, 1.807) is 24.3 Å². The van der Waals surface area contributed by atoms with Crippen molar-refractivity contribution in [1.82, 2.24) is 0 Å². The van der Waals surface area contributed by atoms with Crippen LogP contribution in [0, 0.1) is 0 Å². The molecule has 0 N–H and O–H groups in total. The molecule has 0 amide bonds. The number of ether oxygens (including phenoxy) is 3. The zero-order chi connectivity index (χ0) is 17.1. The number of benzene rings is 2. The number of rotatable bonds is 4. The van der Waals surface area contributed by atoms with Crippen LogP contribution in [-0.2, 0) is 11.2 Å². The van der Waals surface area contributed by atoms with Gasteiger partial charge in [-0.05, 0) is 36.6 Å². The minimum Gasteiger partial charge on any atom is -0.493 e. The molecular weight excluding hydrogens is 308 g/mol. The lowest BCUT2D eigenvalue weighted by Crippen LogP contribution is -2.32. The van der Waals surface area contributed by atoms with Crippen molar-refractivity contribution in [3.05, 3.63) is 59.2 Å². The molecule has 0 aromatic heterocycles. The van der Waals surface area contributed by atoms with Crippen LogP contribution in [0.15, 0.2) is 42.5 Å². The molecule has 0 radical (unpaired) electrons. The molecule has 5 heteroatoms. The van der Waals surface area contributed by atoms with Gasteiger partial charge >= 0.3 is 5.97 Å². The second-order valence-corrected chi connectivity index (χ2v) is 5.52. The van der Waals surface area contributed by atoms with E-state index in [0.29, 0.717) is 35.5 Å². The fourth-order valence-corrected chi connectivity index (χ4v) is 2.84. The summed E-state index contributed by atoms with van der Waals surface area (Å²) in [4.78, 5) is 24.9. The smallest absolute Gasteiger partial charge is 0.338 e. The predicted molar refractivity (Wildman–Crippen MR) is 87.8 cm³/mol. The van der Waals surface area contributed by atoms with E-state index in [1.165, 1.54) is 14.2 Å². The van der Waals surface area contributed by atoms with Crippen LogP contribution in [0.25, 0.3) is 0 Å². The summed E-state index contributed by atoms with van der Waals surface area (Å²) in [7, 11) is 3.02. The minimum absolute atomic E-state index is 0.148. The molecule has 2 aromatic carbocycles. The number of hydrogen-bond donors (Lipinski definition) is 0. The molecule has 0 bridgehead atoms. The zero-order valence-corrected chi connectivity index (χ0v) is 13.6. The Balaban J connectivity index is 1.77. The molecule has 124 valence electrons. The highest BCUT2D eigenvalue weighted by Gasteiger charge is 2.30. The standard InChI is InChI=1S/C19H18O5/c1-22-15-9-8-13(11-17(15)23-2)19(21)24-16-10-7-12-5-3-4-6-14(12)18(16)20/h3-6,8-9,11,16H,7,10H2,1-2H3. The first-order valence-electron chi connectivity index (χ1n) is 7.69. The number of ketones is 1. The number of esters is 1. The molecule has 0 saturated heterocycles. The van der Waals surface area contributed by atoms with Crippen molar-refractivity contribution in [2.24, 2.45) is 0 Å². The van der Waals surface area contributed by atoms with E-state index in [1.807, 2.05) is 18.2 Å². The second-order valence-electron chi connectivity index (χ2n) is 5.52. The quantitative estimate of drug-likeness (QED) is 0.808. The summed E-state index contributed by atoms with van der Waals surface area (Å²) >= 11 is 0. The van der Waals surface area contributed by atoms with Crippen molar-refractivity contribution < 1.29 is 23.8 Å². The number of Topliss-reactive ketones (excluding diaryl/α,β-unsaturated/α-hetero) is 1. The van der Waals surface area contributed by atoms with Gasteiger partial charge in [-0.3, -0.25) is 4.79 Å². The Labute approximate surface area is 140 Å². The Morgan fingerprint density at radius 3 is 2.54 bits per heavy atom. The molecule has 0 heterocycles. The van der Waals surface area contributed by atoms with Gasteiger partial charge < -0.3 is 14.2 Å². The third-order valence-corrected chi connectivity index (χ3v) is 4.12. The van der Waals surface area contributed by atoms with Gasteiger partial charge in [0, 0.05) is 5.56 Å². The Morgan fingerprint density at radius 2 is 1.79 bits per heavy atom. The number of carbonyl (C=O) groups excluding carboxylic acids is 2. The monoisotopic (exact) mass is 326 g/mol. The van der Waals surface area contributed by atoms with Gasteiger partial charge in [0.1, 0.15) is 0 Å². The Bertz CT molecular complexity index is 781. The van der Waals surface area contributed by atoms with Gasteiger partial charge in [-0.15, -0.1) is 0 Å². The molecule has 24 heavy (non-hydrogen) atoms. The van der Waals surface area contributed by atoms with Crippen LogP contribution in [0.4, 0.5) is 0 Å². The van der Waals surface area contributed by atoms with E-state index in [-0.39, 0.29) is 5.78 Å². The number of carbonyl (C=O) groups is 2. The maximum atomic E-state index is 12.5. The zero-order valence-electron chi connectivity index (χ0n) is 13.6. The SMILES string of the molecule is COc1ccc(C(=O)OC2CCc3ccccc3C2=O)cc1OC. The predicted octanol–water partition coefficient (Wildman–Crippen LogP) is 3.06. The molecule has 1 aliphatic carbocycles. The Morgan fingerprint density at radius 1 is 1.04 bits per heavy atom. The maximum Gasteiger partial charge on any atom is 0.338 e. The topological polar surface area (TPSA) is 61.8 Å². The van der Waals surface area contributed by atoms with Crippen molar-refractivity contribution in [3.8, 4) is 11.5 Å². The minimum atomic E-state index is -0.750. The fourth-order valence-electron chi connectivity index (χ4n) is 2.84. The molecule has 2 aromatic rings. The molecule has 0 aliphatic heterocycles. The second kappa shape index (κ2) is 6.74. The maximum absolute atomic E-state index is 12.5. The van der Waals surface area contributed by atoms with E-state index >= 15 is 0 Å². The molecule has 1 aliphatic rings. The highest BCUT2D eigenvalue weighted by molar-refractivity contribution is 6.03. The van der Waals surface area contributed by atoms with Crippen LogP contribution in [0.3, 0.4) is 0 Å². The molecule has 5 nitrogen and oxygen atoms in total. The lowest BCUT2D eigenvalue weighted by atomic mass is 9.89. The third kappa shape index (κ3) is 2.97. The average Bonchev–Trinajstić information content (AvgIpc) is 2.63. The van der Waals surface area contributed by atoms with Gasteiger partial charge in [0.2, 0.25) is 5.78 Å². The van der Waals surface area contributed by atoms with Crippen molar-refractivity contribution >= 4 is 11.8 Å². The average molecular weight is 326 g/mol. The summed E-state index contributed by atoms with van der Waals surface area (Å²) in [6, 6.07) is 12.2. The lowest BCUT2D eigenvalue weighted by molar-refractivity contribution is 0.0257. The highest BCUT2D eigenvalue weighted by Crippen LogP contribution is 2.29. The Kier molecular flexibility index (Phi) is 4.51. The molecule has 3 rings (SSSR count). The van der Waals surface area contributed by atoms with Crippen molar-refractivity contribution in [1.29, 1.82) is 0 Å². The summed E-state index contributed by atoms with van der Waals surface area (Å²) in [6.45, 7) is 0. The van der Waals surface area contributed by atoms with E-state index in [2.05, 4.69) is 0 Å². The number of fused-ring (bicyclic) bond motifs is 1. The van der Waals surface area contributed by atoms with E-state index in [0.717, 1.165) is 5.56 Å². The molecule has 0 spiro atoms. The van der Waals surface area contributed by atoms with Crippen LogP contribution in [0.1, 0.15) is 32.7 Å². The van der Waals surface area contributed by atoms with Gasteiger partial charge in [0.15, 0.2) is 17.6 Å². The summed E-state index contributed by atoms with van der Waals surface area (Å²) in [6.07, 6.45) is 0.459. The first-order valence-corrected chi connectivity index (χ1v) is 7.69.